The molecule has 0 spiro atoms. The van der Waals surface area contributed by atoms with Gasteiger partial charge >= 0.3 is 0 Å². The molecule has 0 atom stereocenters. The first kappa shape index (κ1) is 28.7. The van der Waals surface area contributed by atoms with E-state index in [4.69, 9.17) is 16.3 Å². The Kier molecular flexibility index (Phi) is 9.66. The van der Waals surface area contributed by atoms with Crippen molar-refractivity contribution in [2.75, 3.05) is 17.7 Å². The van der Waals surface area contributed by atoms with Crippen LogP contribution in [0, 0.1) is 13.8 Å². The molecule has 0 saturated heterocycles. The van der Waals surface area contributed by atoms with Gasteiger partial charge < -0.3 is 15.4 Å². The van der Waals surface area contributed by atoms with Crippen molar-refractivity contribution in [2.45, 2.75) is 32.5 Å². The predicted octanol–water partition coefficient (Wildman–Crippen LogP) is 6.36. The second kappa shape index (κ2) is 13.1. The maximum Gasteiger partial charge on any atom is 0.253 e. The first-order chi connectivity index (χ1) is 18.7. The largest absolute Gasteiger partial charge is 0.494 e. The molecular weight excluding hydrogens is 602 g/mol. The van der Waals surface area contributed by atoms with Gasteiger partial charge in [-0.3, -0.25) is 14.2 Å². The van der Waals surface area contributed by atoms with E-state index in [1.54, 1.807) is 18.2 Å². The van der Waals surface area contributed by atoms with Gasteiger partial charge in [-0.25, -0.2) is 0 Å². The molecule has 0 radical (unpaired) electrons. The first-order valence-electron chi connectivity index (χ1n) is 12.2. The standard InChI is InChI=1S/C28H27BrClN5O3S/c1-4-38-21-10-8-20(9-11-21)35-25(15-31-27(37)22-14-19(29)7-12-23(22)30)33-34-28(35)39-16-26(36)32-24-13-17(2)5-6-18(24)3/h5-14H,4,15-16H2,1-3H3,(H,31,37)(H,32,36). The van der Waals surface area contributed by atoms with Crippen molar-refractivity contribution in [1.29, 1.82) is 0 Å². The van der Waals surface area contributed by atoms with E-state index >= 15 is 0 Å². The molecule has 2 N–H and O–H groups in total. The van der Waals surface area contributed by atoms with Gasteiger partial charge in [-0.05, 0) is 80.4 Å². The van der Waals surface area contributed by atoms with E-state index < -0.39 is 0 Å². The zero-order valence-electron chi connectivity index (χ0n) is 21.6. The molecule has 1 aromatic heterocycles. The number of thioether (sulfide) groups is 1. The van der Waals surface area contributed by atoms with Crippen LogP contribution in [-0.2, 0) is 11.3 Å². The zero-order chi connectivity index (χ0) is 27.9. The molecule has 0 saturated carbocycles. The quantitative estimate of drug-likeness (QED) is 0.198. The Morgan fingerprint density at radius 1 is 1.05 bits per heavy atom. The number of halogens is 2. The molecule has 0 fully saturated rings. The van der Waals surface area contributed by atoms with Crippen LogP contribution in [0.5, 0.6) is 5.75 Å². The van der Waals surface area contributed by atoms with Gasteiger partial charge in [-0.15, -0.1) is 10.2 Å². The fourth-order valence-corrected chi connectivity index (χ4v) is 5.07. The highest BCUT2D eigenvalue weighted by molar-refractivity contribution is 9.10. The van der Waals surface area contributed by atoms with Crippen molar-refractivity contribution >= 4 is 56.8 Å². The second-order valence-corrected chi connectivity index (χ2v) is 10.9. The number of nitrogens with one attached hydrogen (secondary N) is 2. The molecule has 2 amide bonds. The lowest BCUT2D eigenvalue weighted by molar-refractivity contribution is -0.113. The van der Waals surface area contributed by atoms with Crippen molar-refractivity contribution in [3.05, 3.63) is 92.7 Å². The van der Waals surface area contributed by atoms with Gasteiger partial charge in [0, 0.05) is 15.8 Å². The van der Waals surface area contributed by atoms with E-state index in [-0.39, 0.29) is 24.1 Å². The summed E-state index contributed by atoms with van der Waals surface area (Å²) in [5.41, 5.74) is 3.94. The van der Waals surface area contributed by atoms with E-state index in [1.807, 2.05) is 67.8 Å². The Morgan fingerprint density at radius 3 is 2.56 bits per heavy atom. The average Bonchev–Trinajstić information content (AvgIpc) is 3.33. The normalized spacial score (nSPS) is 10.8. The molecule has 4 rings (SSSR count). The minimum Gasteiger partial charge on any atom is -0.494 e. The lowest BCUT2D eigenvalue weighted by atomic mass is 10.1. The van der Waals surface area contributed by atoms with E-state index in [1.165, 1.54) is 11.8 Å². The Balaban J connectivity index is 1.54. The SMILES string of the molecule is CCOc1ccc(-n2c(CNC(=O)c3cc(Br)ccc3Cl)nnc2SCC(=O)Nc2cc(C)ccc2C)cc1. The lowest BCUT2D eigenvalue weighted by Crippen LogP contribution is -2.25. The minimum absolute atomic E-state index is 0.0944. The Labute approximate surface area is 244 Å². The topological polar surface area (TPSA) is 98.1 Å². The molecule has 0 aliphatic carbocycles. The van der Waals surface area contributed by atoms with Gasteiger partial charge in [-0.2, -0.15) is 0 Å². The summed E-state index contributed by atoms with van der Waals surface area (Å²) in [6.45, 7) is 6.50. The molecule has 4 aromatic rings. The maximum absolute atomic E-state index is 12.9. The second-order valence-electron chi connectivity index (χ2n) is 8.62. The molecule has 0 unspecified atom stereocenters. The summed E-state index contributed by atoms with van der Waals surface area (Å²) < 4.78 is 8.13. The number of nitrogens with zero attached hydrogens (tertiary/aromatic N) is 3. The van der Waals surface area contributed by atoms with Crippen LogP contribution in [0.25, 0.3) is 5.69 Å². The van der Waals surface area contributed by atoms with E-state index in [0.29, 0.717) is 28.2 Å². The van der Waals surface area contributed by atoms with Crippen molar-refractivity contribution < 1.29 is 14.3 Å². The highest BCUT2D eigenvalue weighted by atomic mass is 79.9. The number of anilines is 1. The number of benzene rings is 3. The fourth-order valence-electron chi connectivity index (χ4n) is 3.74. The number of rotatable bonds is 10. The van der Waals surface area contributed by atoms with Gasteiger partial charge in [0.1, 0.15) is 5.75 Å². The van der Waals surface area contributed by atoms with Gasteiger partial charge in [0.15, 0.2) is 11.0 Å². The number of aromatic nitrogens is 3. The Hall–Kier alpha value is -3.34. The van der Waals surface area contributed by atoms with E-state index in [2.05, 4.69) is 36.8 Å². The van der Waals surface area contributed by atoms with Gasteiger partial charge in [0.2, 0.25) is 5.91 Å². The summed E-state index contributed by atoms with van der Waals surface area (Å²) in [5.74, 6) is 0.855. The smallest absolute Gasteiger partial charge is 0.253 e. The number of hydrogen-bond acceptors (Lipinski definition) is 6. The van der Waals surface area contributed by atoms with Crippen LogP contribution in [0.2, 0.25) is 5.02 Å². The summed E-state index contributed by atoms with van der Waals surface area (Å²) in [5, 5.41) is 15.3. The summed E-state index contributed by atoms with van der Waals surface area (Å²) in [7, 11) is 0. The molecule has 39 heavy (non-hydrogen) atoms. The molecule has 1 heterocycles. The summed E-state index contributed by atoms with van der Waals surface area (Å²) in [6, 6.07) is 18.5. The summed E-state index contributed by atoms with van der Waals surface area (Å²) in [6.07, 6.45) is 0. The lowest BCUT2D eigenvalue weighted by Gasteiger charge is -2.13. The molecule has 8 nitrogen and oxygen atoms in total. The Bertz CT molecular complexity index is 1490. The van der Waals surface area contributed by atoms with Crippen LogP contribution >= 0.6 is 39.3 Å². The number of ether oxygens (including phenoxy) is 1. The third kappa shape index (κ3) is 7.40. The van der Waals surface area contributed by atoms with Crippen molar-refractivity contribution in [3.8, 4) is 11.4 Å². The zero-order valence-corrected chi connectivity index (χ0v) is 24.8. The number of aryl methyl sites for hydroxylation is 2. The van der Waals surface area contributed by atoms with Crippen molar-refractivity contribution in [1.82, 2.24) is 20.1 Å². The maximum atomic E-state index is 12.9. The summed E-state index contributed by atoms with van der Waals surface area (Å²) >= 11 is 10.8. The molecule has 0 aliphatic rings. The summed E-state index contributed by atoms with van der Waals surface area (Å²) in [4.78, 5) is 25.6. The third-order valence-corrected chi connectivity index (χ3v) is 7.44. The van der Waals surface area contributed by atoms with Gasteiger partial charge in [0.05, 0.1) is 29.5 Å². The van der Waals surface area contributed by atoms with Gasteiger partial charge in [0.25, 0.3) is 5.91 Å². The molecule has 3 aromatic carbocycles. The number of hydrogen-bond donors (Lipinski definition) is 2. The average molecular weight is 629 g/mol. The van der Waals surface area contributed by atoms with Crippen LogP contribution in [0.3, 0.4) is 0 Å². The van der Waals surface area contributed by atoms with Gasteiger partial charge in [-0.1, -0.05) is 51.4 Å². The highest BCUT2D eigenvalue weighted by Crippen LogP contribution is 2.25. The van der Waals surface area contributed by atoms with Crippen molar-refractivity contribution in [2.24, 2.45) is 0 Å². The monoisotopic (exact) mass is 627 g/mol. The van der Waals surface area contributed by atoms with Crippen LogP contribution in [0.1, 0.15) is 34.2 Å². The fraction of sp³-hybridized carbons (Fsp3) is 0.214. The number of carbonyl (C=O) groups is 2. The van der Waals surface area contributed by atoms with Crippen LogP contribution in [0.4, 0.5) is 5.69 Å². The van der Waals surface area contributed by atoms with E-state index in [9.17, 15) is 9.59 Å². The third-order valence-electron chi connectivity index (χ3n) is 5.69. The molecule has 0 aliphatic heterocycles. The first-order valence-corrected chi connectivity index (χ1v) is 14.3. The molecule has 11 heteroatoms. The highest BCUT2D eigenvalue weighted by Gasteiger charge is 2.18. The minimum atomic E-state index is -0.343. The van der Waals surface area contributed by atoms with Crippen LogP contribution < -0.4 is 15.4 Å². The number of amides is 2. The number of carbonyl (C=O) groups excluding carboxylic acids is 2. The molecular formula is C28H27BrClN5O3S. The Morgan fingerprint density at radius 2 is 1.82 bits per heavy atom. The predicted molar refractivity (Wildman–Crippen MR) is 158 cm³/mol. The van der Waals surface area contributed by atoms with Crippen molar-refractivity contribution in [3.63, 3.8) is 0 Å². The van der Waals surface area contributed by atoms with Crippen LogP contribution in [0.15, 0.2) is 70.3 Å². The molecule has 202 valence electrons. The van der Waals surface area contributed by atoms with Crippen LogP contribution in [-0.4, -0.2) is 38.9 Å². The van der Waals surface area contributed by atoms with E-state index in [0.717, 1.165) is 32.7 Å². The molecule has 0 bridgehead atoms.